The van der Waals surface area contributed by atoms with Gasteiger partial charge in [0, 0.05) is 24.1 Å². The Balaban J connectivity index is 1.53. The van der Waals surface area contributed by atoms with Crippen LogP contribution in [0.2, 0.25) is 0 Å². The second-order valence-corrected chi connectivity index (χ2v) is 5.56. The molecule has 1 amide bonds. The first-order valence-corrected chi connectivity index (χ1v) is 7.87. The summed E-state index contributed by atoms with van der Waals surface area (Å²) in [6, 6.07) is 10.7. The topological polar surface area (TPSA) is 60.5 Å². The molecule has 1 heterocycles. The molecule has 1 aromatic heterocycles. The molecule has 5 nitrogen and oxygen atoms in total. The largest absolute Gasteiger partial charge is 0.467 e. The molecular formula is C18H20N2O3. The summed E-state index contributed by atoms with van der Waals surface area (Å²) in [5, 5.41) is 2.83. The minimum absolute atomic E-state index is 0.197. The molecule has 5 heteroatoms. The number of amides is 1. The molecule has 0 aliphatic heterocycles. The van der Waals surface area contributed by atoms with E-state index in [9.17, 15) is 4.79 Å². The van der Waals surface area contributed by atoms with E-state index in [1.54, 1.807) is 24.4 Å². The summed E-state index contributed by atoms with van der Waals surface area (Å²) in [4.78, 5) is 16.0. The molecular weight excluding hydrogens is 292 g/mol. The van der Waals surface area contributed by atoms with Gasteiger partial charge < -0.3 is 14.8 Å². The number of hydrogen-bond acceptors (Lipinski definition) is 4. The molecule has 0 radical (unpaired) electrons. The van der Waals surface area contributed by atoms with Crippen LogP contribution in [-0.4, -0.2) is 23.8 Å². The van der Waals surface area contributed by atoms with E-state index < -0.39 is 0 Å². The Morgan fingerprint density at radius 2 is 2.09 bits per heavy atom. The maximum atomic E-state index is 12.1. The standard InChI is InChI=1S/C18H20N2O3/c21-18(14-5-4-10-19-12-14)20-15-6-3-9-17(11-15)23-13-22-16-7-1-2-8-16/h3-6,9-12,16H,1-2,7-8,13H2,(H,20,21). The van der Waals surface area contributed by atoms with Crippen molar-refractivity contribution in [2.45, 2.75) is 31.8 Å². The van der Waals surface area contributed by atoms with Crippen molar-refractivity contribution < 1.29 is 14.3 Å². The predicted molar refractivity (Wildman–Crippen MR) is 87.5 cm³/mol. The molecule has 0 saturated heterocycles. The Labute approximate surface area is 135 Å². The van der Waals surface area contributed by atoms with E-state index in [1.807, 2.05) is 18.2 Å². The molecule has 120 valence electrons. The van der Waals surface area contributed by atoms with Crippen LogP contribution in [0.1, 0.15) is 36.0 Å². The van der Waals surface area contributed by atoms with Crippen LogP contribution in [0.3, 0.4) is 0 Å². The minimum Gasteiger partial charge on any atom is -0.467 e. The molecule has 2 aromatic rings. The van der Waals surface area contributed by atoms with Gasteiger partial charge in [-0.2, -0.15) is 0 Å². The number of ether oxygens (including phenoxy) is 2. The zero-order valence-electron chi connectivity index (χ0n) is 12.9. The summed E-state index contributed by atoms with van der Waals surface area (Å²) in [7, 11) is 0. The number of nitrogens with one attached hydrogen (secondary N) is 1. The van der Waals surface area contributed by atoms with Gasteiger partial charge in [0.2, 0.25) is 0 Å². The van der Waals surface area contributed by atoms with Crippen LogP contribution in [0.25, 0.3) is 0 Å². The number of nitrogens with zero attached hydrogens (tertiary/aromatic N) is 1. The van der Waals surface area contributed by atoms with Crippen LogP contribution in [-0.2, 0) is 4.74 Å². The lowest BCUT2D eigenvalue weighted by Gasteiger charge is -2.13. The summed E-state index contributed by atoms with van der Waals surface area (Å²) >= 11 is 0. The average molecular weight is 312 g/mol. The highest BCUT2D eigenvalue weighted by atomic mass is 16.7. The molecule has 1 aromatic carbocycles. The Kier molecular flexibility index (Phi) is 5.21. The van der Waals surface area contributed by atoms with Crippen molar-refractivity contribution in [3.05, 3.63) is 54.4 Å². The number of anilines is 1. The molecule has 23 heavy (non-hydrogen) atoms. The number of rotatable bonds is 6. The molecule has 0 unspecified atom stereocenters. The number of carbonyl (C=O) groups is 1. The third kappa shape index (κ3) is 4.53. The Morgan fingerprint density at radius 1 is 1.22 bits per heavy atom. The maximum absolute atomic E-state index is 12.1. The van der Waals surface area contributed by atoms with E-state index in [2.05, 4.69) is 10.3 Å². The normalized spacial score (nSPS) is 14.6. The van der Waals surface area contributed by atoms with Gasteiger partial charge in [0.1, 0.15) is 5.75 Å². The monoisotopic (exact) mass is 312 g/mol. The lowest BCUT2D eigenvalue weighted by molar-refractivity contribution is -0.0324. The molecule has 0 atom stereocenters. The second kappa shape index (κ2) is 7.74. The van der Waals surface area contributed by atoms with E-state index >= 15 is 0 Å². The minimum atomic E-state index is -0.197. The lowest BCUT2D eigenvalue weighted by Crippen LogP contribution is -2.13. The molecule has 1 saturated carbocycles. The highest BCUT2D eigenvalue weighted by Crippen LogP contribution is 2.22. The molecule has 3 rings (SSSR count). The molecule has 1 N–H and O–H groups in total. The van der Waals surface area contributed by atoms with Gasteiger partial charge >= 0.3 is 0 Å². The highest BCUT2D eigenvalue weighted by molar-refractivity contribution is 6.04. The SMILES string of the molecule is O=C(Nc1cccc(OCOC2CCCC2)c1)c1cccnc1. The summed E-state index contributed by atoms with van der Waals surface area (Å²) in [6.45, 7) is 0.241. The molecule has 0 bridgehead atoms. The van der Waals surface area contributed by atoms with Crippen LogP contribution in [0.4, 0.5) is 5.69 Å². The molecule has 1 aliphatic rings. The zero-order chi connectivity index (χ0) is 15.9. The van der Waals surface area contributed by atoms with Gasteiger partial charge in [0.25, 0.3) is 5.91 Å². The number of hydrogen-bond donors (Lipinski definition) is 1. The molecule has 0 spiro atoms. The average Bonchev–Trinajstić information content (AvgIpc) is 3.09. The van der Waals surface area contributed by atoms with Gasteiger partial charge in [0.15, 0.2) is 6.79 Å². The lowest BCUT2D eigenvalue weighted by atomic mass is 10.2. The Morgan fingerprint density at radius 3 is 2.87 bits per heavy atom. The van der Waals surface area contributed by atoms with Crippen LogP contribution in [0.5, 0.6) is 5.75 Å². The van der Waals surface area contributed by atoms with Crippen molar-refractivity contribution in [1.29, 1.82) is 0 Å². The summed E-state index contributed by atoms with van der Waals surface area (Å²) in [6.07, 6.45) is 8.19. The molecule has 1 aliphatic carbocycles. The fourth-order valence-corrected chi connectivity index (χ4v) is 2.62. The van der Waals surface area contributed by atoms with Crippen molar-refractivity contribution >= 4 is 11.6 Å². The van der Waals surface area contributed by atoms with Crippen LogP contribution < -0.4 is 10.1 Å². The number of aromatic nitrogens is 1. The second-order valence-electron chi connectivity index (χ2n) is 5.56. The third-order valence-corrected chi connectivity index (χ3v) is 3.85. The first-order chi connectivity index (χ1) is 11.3. The smallest absolute Gasteiger partial charge is 0.257 e. The van der Waals surface area contributed by atoms with Crippen molar-refractivity contribution in [2.75, 3.05) is 12.1 Å². The van der Waals surface area contributed by atoms with Crippen LogP contribution in [0, 0.1) is 0 Å². The summed E-state index contributed by atoms with van der Waals surface area (Å²) in [5.41, 5.74) is 1.20. The van der Waals surface area contributed by atoms with E-state index in [0.717, 1.165) is 12.8 Å². The van der Waals surface area contributed by atoms with Crippen molar-refractivity contribution in [2.24, 2.45) is 0 Å². The van der Waals surface area contributed by atoms with Crippen LogP contribution in [0.15, 0.2) is 48.8 Å². The quantitative estimate of drug-likeness (QED) is 0.827. The summed E-state index contributed by atoms with van der Waals surface area (Å²) in [5.74, 6) is 0.476. The van der Waals surface area contributed by atoms with Crippen molar-refractivity contribution in [3.63, 3.8) is 0 Å². The fraction of sp³-hybridized carbons (Fsp3) is 0.333. The van der Waals surface area contributed by atoms with E-state index in [0.29, 0.717) is 23.1 Å². The van der Waals surface area contributed by atoms with Crippen molar-refractivity contribution in [1.82, 2.24) is 4.98 Å². The summed E-state index contributed by atoms with van der Waals surface area (Å²) < 4.78 is 11.3. The number of carbonyl (C=O) groups excluding carboxylic acids is 1. The highest BCUT2D eigenvalue weighted by Gasteiger charge is 2.15. The maximum Gasteiger partial charge on any atom is 0.257 e. The first-order valence-electron chi connectivity index (χ1n) is 7.87. The van der Waals surface area contributed by atoms with Gasteiger partial charge in [0.05, 0.1) is 11.7 Å². The van der Waals surface area contributed by atoms with E-state index in [4.69, 9.17) is 9.47 Å². The third-order valence-electron chi connectivity index (χ3n) is 3.85. The number of pyridine rings is 1. The van der Waals surface area contributed by atoms with Gasteiger partial charge in [-0.25, -0.2) is 0 Å². The fourth-order valence-electron chi connectivity index (χ4n) is 2.62. The van der Waals surface area contributed by atoms with Gasteiger partial charge in [-0.05, 0) is 37.1 Å². The predicted octanol–water partition coefficient (Wildman–Crippen LogP) is 3.63. The Bertz CT molecular complexity index is 640. The van der Waals surface area contributed by atoms with Crippen molar-refractivity contribution in [3.8, 4) is 5.75 Å². The zero-order valence-corrected chi connectivity index (χ0v) is 12.9. The van der Waals surface area contributed by atoms with Gasteiger partial charge in [-0.3, -0.25) is 9.78 Å². The van der Waals surface area contributed by atoms with Crippen LogP contribution >= 0.6 is 0 Å². The number of benzene rings is 1. The Hall–Kier alpha value is -2.40. The first kappa shape index (κ1) is 15.5. The van der Waals surface area contributed by atoms with Gasteiger partial charge in [-0.15, -0.1) is 0 Å². The van der Waals surface area contributed by atoms with E-state index in [1.165, 1.54) is 19.0 Å². The molecule has 1 fully saturated rings. The van der Waals surface area contributed by atoms with E-state index in [-0.39, 0.29) is 12.7 Å². The van der Waals surface area contributed by atoms with Gasteiger partial charge in [-0.1, -0.05) is 18.9 Å².